The highest BCUT2D eigenvalue weighted by Gasteiger charge is 2.47. The van der Waals surface area contributed by atoms with Crippen molar-refractivity contribution in [3.63, 3.8) is 0 Å². The molecule has 5 heteroatoms. The maximum absolute atomic E-state index is 12.5. The minimum Gasteiger partial charge on any atom is -0.362 e. The van der Waals surface area contributed by atoms with Gasteiger partial charge in [0, 0.05) is 24.6 Å². The van der Waals surface area contributed by atoms with E-state index in [2.05, 4.69) is 47.3 Å². The lowest BCUT2D eigenvalue weighted by Crippen LogP contribution is -2.51. The maximum atomic E-state index is 12.5. The molecule has 1 aliphatic heterocycles. The van der Waals surface area contributed by atoms with E-state index in [-0.39, 0.29) is 18.0 Å². The molecule has 3 atom stereocenters. The lowest BCUT2D eigenvalue weighted by molar-refractivity contribution is -0.117. The molecule has 3 unspecified atom stereocenters. The third kappa shape index (κ3) is 2.96. The van der Waals surface area contributed by atoms with E-state index in [4.69, 9.17) is 0 Å². The fourth-order valence-corrected chi connectivity index (χ4v) is 4.31. The molecule has 26 heavy (non-hydrogen) atoms. The largest absolute Gasteiger partial charge is 0.362 e. The smallest absolute Gasteiger partial charge is 0.224 e. The molecule has 1 aromatic carbocycles. The Morgan fingerprint density at radius 1 is 1.19 bits per heavy atom. The standard InChI is InChI=1S/C21H26N4O/c1-12-5-8-18-17(9-12)20(24-19-11-22-13(2)10-23-19)14(3)21(16-6-7-16)25(18)15(4)26/h5,8-11,14,16,20-21H,6-7H2,1-4H3,(H,23,24). The first-order valence-corrected chi connectivity index (χ1v) is 9.41. The van der Waals surface area contributed by atoms with Gasteiger partial charge in [0.05, 0.1) is 24.1 Å². The summed E-state index contributed by atoms with van der Waals surface area (Å²) in [6.45, 7) is 7.97. The van der Waals surface area contributed by atoms with E-state index in [9.17, 15) is 4.79 Å². The number of anilines is 2. The van der Waals surface area contributed by atoms with Gasteiger partial charge in [-0.05, 0) is 44.2 Å². The molecule has 2 aromatic rings. The van der Waals surface area contributed by atoms with Crippen LogP contribution in [0.15, 0.2) is 30.6 Å². The highest BCUT2D eigenvalue weighted by Crippen LogP contribution is 2.50. The van der Waals surface area contributed by atoms with Crippen LogP contribution in [0.4, 0.5) is 11.5 Å². The van der Waals surface area contributed by atoms with E-state index in [0.29, 0.717) is 11.8 Å². The van der Waals surface area contributed by atoms with Gasteiger partial charge in [0.1, 0.15) is 5.82 Å². The molecule has 1 aromatic heterocycles. The molecule has 1 fully saturated rings. The molecule has 136 valence electrons. The molecule has 2 heterocycles. The molecule has 0 spiro atoms. The van der Waals surface area contributed by atoms with Gasteiger partial charge in [0.15, 0.2) is 0 Å². The number of hydrogen-bond donors (Lipinski definition) is 1. The second-order valence-corrected chi connectivity index (χ2v) is 7.80. The highest BCUT2D eigenvalue weighted by atomic mass is 16.2. The minimum absolute atomic E-state index is 0.114. The zero-order valence-electron chi connectivity index (χ0n) is 15.9. The quantitative estimate of drug-likeness (QED) is 0.908. The minimum atomic E-state index is 0.114. The van der Waals surface area contributed by atoms with E-state index >= 15 is 0 Å². The molecular formula is C21H26N4O. The van der Waals surface area contributed by atoms with Gasteiger partial charge in [0.2, 0.25) is 5.91 Å². The number of amides is 1. The summed E-state index contributed by atoms with van der Waals surface area (Å²) >= 11 is 0. The Bertz CT molecular complexity index is 828. The summed E-state index contributed by atoms with van der Waals surface area (Å²) in [6, 6.07) is 6.74. The summed E-state index contributed by atoms with van der Waals surface area (Å²) in [5, 5.41) is 3.60. The molecule has 0 bridgehead atoms. The van der Waals surface area contributed by atoms with Crippen molar-refractivity contribution in [1.29, 1.82) is 0 Å². The van der Waals surface area contributed by atoms with E-state index in [1.807, 2.05) is 11.8 Å². The van der Waals surface area contributed by atoms with Crippen LogP contribution in [0.2, 0.25) is 0 Å². The Morgan fingerprint density at radius 2 is 1.96 bits per heavy atom. The number of benzene rings is 1. The van der Waals surface area contributed by atoms with Gasteiger partial charge in [0.25, 0.3) is 0 Å². The van der Waals surface area contributed by atoms with Crippen LogP contribution >= 0.6 is 0 Å². The van der Waals surface area contributed by atoms with Crippen molar-refractivity contribution >= 4 is 17.4 Å². The number of rotatable bonds is 3. The van der Waals surface area contributed by atoms with E-state index in [0.717, 1.165) is 17.2 Å². The van der Waals surface area contributed by atoms with Crippen molar-refractivity contribution < 1.29 is 4.79 Å². The molecule has 0 saturated heterocycles. The van der Waals surface area contributed by atoms with Crippen molar-refractivity contribution in [2.75, 3.05) is 10.2 Å². The van der Waals surface area contributed by atoms with E-state index in [1.165, 1.54) is 24.0 Å². The average Bonchev–Trinajstić information content (AvgIpc) is 3.43. The topological polar surface area (TPSA) is 58.1 Å². The fraction of sp³-hybridized carbons (Fsp3) is 0.476. The van der Waals surface area contributed by atoms with Crippen molar-refractivity contribution in [3.05, 3.63) is 47.4 Å². The van der Waals surface area contributed by atoms with Gasteiger partial charge in [-0.2, -0.15) is 0 Å². The number of nitrogens with one attached hydrogen (secondary N) is 1. The van der Waals surface area contributed by atoms with Crippen LogP contribution in [-0.2, 0) is 4.79 Å². The molecule has 2 aliphatic rings. The summed E-state index contributed by atoms with van der Waals surface area (Å²) in [6.07, 6.45) is 5.99. The summed E-state index contributed by atoms with van der Waals surface area (Å²) in [7, 11) is 0. The summed E-state index contributed by atoms with van der Waals surface area (Å²) in [4.78, 5) is 23.4. The maximum Gasteiger partial charge on any atom is 0.224 e. The van der Waals surface area contributed by atoms with Crippen LogP contribution in [-0.4, -0.2) is 21.9 Å². The summed E-state index contributed by atoms with van der Waals surface area (Å²) < 4.78 is 0. The van der Waals surface area contributed by atoms with Crippen LogP contribution < -0.4 is 10.2 Å². The van der Waals surface area contributed by atoms with Gasteiger partial charge >= 0.3 is 0 Å². The predicted molar refractivity (Wildman–Crippen MR) is 103 cm³/mol. The number of carbonyl (C=O) groups excluding carboxylic acids is 1. The third-order valence-corrected chi connectivity index (χ3v) is 5.67. The molecule has 4 rings (SSSR count). The second-order valence-electron chi connectivity index (χ2n) is 7.80. The van der Waals surface area contributed by atoms with Gasteiger partial charge < -0.3 is 10.2 Å². The molecule has 1 N–H and O–H groups in total. The van der Waals surface area contributed by atoms with Crippen LogP contribution in [0.1, 0.15) is 49.6 Å². The van der Waals surface area contributed by atoms with Gasteiger partial charge in [-0.3, -0.25) is 9.78 Å². The van der Waals surface area contributed by atoms with Crippen molar-refractivity contribution in [2.24, 2.45) is 11.8 Å². The number of nitrogens with zero attached hydrogens (tertiary/aromatic N) is 3. The van der Waals surface area contributed by atoms with Gasteiger partial charge in [-0.15, -0.1) is 0 Å². The fourth-order valence-electron chi connectivity index (χ4n) is 4.31. The first-order valence-electron chi connectivity index (χ1n) is 9.41. The Kier molecular flexibility index (Phi) is 4.17. The normalized spacial score (nSPS) is 24.9. The number of aryl methyl sites for hydroxylation is 2. The zero-order valence-corrected chi connectivity index (χ0v) is 15.9. The summed E-state index contributed by atoms with van der Waals surface area (Å²) in [5.74, 6) is 1.80. The Morgan fingerprint density at radius 3 is 2.58 bits per heavy atom. The molecule has 1 saturated carbocycles. The van der Waals surface area contributed by atoms with E-state index < -0.39 is 0 Å². The average molecular weight is 350 g/mol. The molecule has 0 radical (unpaired) electrons. The van der Waals surface area contributed by atoms with E-state index in [1.54, 1.807) is 19.3 Å². The monoisotopic (exact) mass is 350 g/mol. The second kappa shape index (κ2) is 6.38. The van der Waals surface area contributed by atoms with Crippen molar-refractivity contribution in [2.45, 2.75) is 52.6 Å². The number of fused-ring (bicyclic) bond motifs is 1. The van der Waals surface area contributed by atoms with Crippen LogP contribution in [0.3, 0.4) is 0 Å². The highest BCUT2D eigenvalue weighted by molar-refractivity contribution is 5.94. The van der Waals surface area contributed by atoms with Gasteiger partial charge in [-0.1, -0.05) is 24.6 Å². The zero-order chi connectivity index (χ0) is 18.4. The molecule has 5 nitrogen and oxygen atoms in total. The SMILES string of the molecule is CC(=O)N1c2ccc(C)cc2C(Nc2cnc(C)cn2)C(C)C1C1CC1. The van der Waals surface area contributed by atoms with Gasteiger partial charge in [-0.25, -0.2) is 4.98 Å². The Hall–Kier alpha value is -2.43. The first kappa shape index (κ1) is 17.0. The number of aromatic nitrogens is 2. The van der Waals surface area contributed by atoms with Crippen molar-refractivity contribution in [3.8, 4) is 0 Å². The molecule has 1 amide bonds. The molecule has 1 aliphatic carbocycles. The lowest BCUT2D eigenvalue weighted by atomic mass is 9.79. The Balaban J connectivity index is 1.79. The number of carbonyl (C=O) groups is 1. The molecular weight excluding hydrogens is 324 g/mol. The number of hydrogen-bond acceptors (Lipinski definition) is 4. The van der Waals surface area contributed by atoms with Crippen molar-refractivity contribution in [1.82, 2.24) is 9.97 Å². The first-order chi connectivity index (χ1) is 12.5. The lowest BCUT2D eigenvalue weighted by Gasteiger charge is -2.46. The van der Waals surface area contributed by atoms with Crippen LogP contribution in [0, 0.1) is 25.7 Å². The van der Waals surface area contributed by atoms with Crippen LogP contribution in [0.5, 0.6) is 0 Å². The third-order valence-electron chi connectivity index (χ3n) is 5.67. The Labute approximate surface area is 154 Å². The predicted octanol–water partition coefficient (Wildman–Crippen LogP) is 4.03. The van der Waals surface area contributed by atoms with Crippen LogP contribution in [0.25, 0.3) is 0 Å². The summed E-state index contributed by atoms with van der Waals surface area (Å²) in [5.41, 5.74) is 4.32.